The van der Waals surface area contributed by atoms with E-state index in [1.165, 1.54) is 12.3 Å². The Morgan fingerprint density at radius 2 is 2.30 bits per heavy atom. The molecule has 1 atom stereocenters. The number of unbranched alkanes of at least 4 members (excludes halogenated alkanes) is 2. The molecule has 3 heterocycles. The first-order chi connectivity index (χ1) is 14.7. The van der Waals surface area contributed by atoms with Crippen molar-refractivity contribution in [2.75, 3.05) is 25.0 Å². The number of hydrogen-bond acceptors (Lipinski definition) is 4. The number of nitrogens with one attached hydrogen (secondary N) is 3. The Morgan fingerprint density at radius 3 is 3.07 bits per heavy atom. The van der Waals surface area contributed by atoms with Gasteiger partial charge in [0.05, 0.1) is 0 Å². The normalized spacial score (nSPS) is 16.3. The zero-order chi connectivity index (χ0) is 21.2. The zero-order valence-corrected chi connectivity index (χ0v) is 16.8. The molecule has 3 rings (SSSR count). The van der Waals surface area contributed by atoms with Crippen molar-refractivity contribution in [2.45, 2.75) is 32.1 Å². The lowest BCUT2D eigenvalue weighted by molar-refractivity contribution is 0.0781. The number of amides is 1. The molecule has 1 saturated heterocycles. The second-order valence-electron chi connectivity index (χ2n) is 7.30. The van der Waals surface area contributed by atoms with Crippen molar-refractivity contribution in [3.8, 4) is 6.19 Å². The molecule has 2 aromatic heterocycles. The predicted octanol–water partition coefficient (Wildman–Crippen LogP) is 3.11. The van der Waals surface area contributed by atoms with E-state index in [2.05, 4.69) is 25.6 Å². The van der Waals surface area contributed by atoms with E-state index in [0.717, 1.165) is 45.2 Å². The van der Waals surface area contributed by atoms with Gasteiger partial charge in [0.15, 0.2) is 6.19 Å². The van der Waals surface area contributed by atoms with Gasteiger partial charge in [-0.15, -0.1) is 0 Å². The van der Waals surface area contributed by atoms with Crippen molar-refractivity contribution >= 4 is 17.6 Å². The molecule has 0 aliphatic carbocycles. The molecule has 30 heavy (non-hydrogen) atoms. The Labute approximate surface area is 175 Å². The summed E-state index contributed by atoms with van der Waals surface area (Å²) in [7, 11) is 0. The molecule has 8 nitrogen and oxygen atoms in total. The molecular formula is C21H26FN7O. The fraction of sp³-hybridized carbons (Fsp3) is 0.429. The Morgan fingerprint density at radius 1 is 1.40 bits per heavy atom. The Kier molecular flexibility index (Phi) is 7.78. The molecule has 1 fully saturated rings. The zero-order valence-electron chi connectivity index (χ0n) is 16.8. The van der Waals surface area contributed by atoms with Gasteiger partial charge in [0, 0.05) is 43.8 Å². The van der Waals surface area contributed by atoms with Gasteiger partial charge in [0.2, 0.25) is 11.9 Å². The summed E-state index contributed by atoms with van der Waals surface area (Å²) < 4.78 is 13.2. The van der Waals surface area contributed by atoms with E-state index in [1.54, 1.807) is 12.3 Å². The first-order valence-electron chi connectivity index (χ1n) is 10.2. The van der Waals surface area contributed by atoms with Gasteiger partial charge in [-0.2, -0.15) is 9.65 Å². The van der Waals surface area contributed by atoms with Gasteiger partial charge in [-0.1, -0.05) is 12.8 Å². The van der Waals surface area contributed by atoms with Gasteiger partial charge in [0.25, 0.3) is 5.91 Å². The van der Waals surface area contributed by atoms with Crippen molar-refractivity contribution in [1.29, 1.82) is 5.26 Å². The molecule has 1 aliphatic rings. The van der Waals surface area contributed by atoms with E-state index in [4.69, 9.17) is 5.26 Å². The van der Waals surface area contributed by atoms with E-state index in [0.29, 0.717) is 23.8 Å². The summed E-state index contributed by atoms with van der Waals surface area (Å²) >= 11 is 0. The largest absolute Gasteiger partial charge is 0.357 e. The monoisotopic (exact) mass is 411 g/mol. The summed E-state index contributed by atoms with van der Waals surface area (Å²) in [4.78, 5) is 25.1. The van der Waals surface area contributed by atoms with Crippen LogP contribution in [0.5, 0.6) is 0 Å². The van der Waals surface area contributed by atoms with Gasteiger partial charge in [-0.3, -0.25) is 15.1 Å². The first-order valence-corrected chi connectivity index (χ1v) is 10.2. The molecule has 9 heteroatoms. The van der Waals surface area contributed by atoms with Crippen LogP contribution >= 0.6 is 0 Å². The average molecular weight is 411 g/mol. The standard InChI is InChI=1S/C21H26FN7O/c22-19-13-17(7-11-25-19)28-21(27-15-23)26-9-3-1-2-5-16-8-12-29(14-16)20(30)18-6-4-10-24-18/h4,6-7,10-11,13,16,24H,1-3,5,8-9,12,14H2,(H2,25,26,27,28). The number of rotatable bonds is 8. The van der Waals surface area contributed by atoms with Gasteiger partial charge < -0.3 is 15.2 Å². The highest BCUT2D eigenvalue weighted by molar-refractivity contribution is 5.94. The van der Waals surface area contributed by atoms with Crippen LogP contribution in [0.25, 0.3) is 0 Å². The predicted molar refractivity (Wildman–Crippen MR) is 112 cm³/mol. The second-order valence-corrected chi connectivity index (χ2v) is 7.30. The summed E-state index contributed by atoms with van der Waals surface area (Å²) in [6.45, 7) is 2.20. The van der Waals surface area contributed by atoms with Crippen LogP contribution in [0, 0.1) is 23.3 Å². The molecular weight excluding hydrogens is 385 g/mol. The number of nitriles is 1. The van der Waals surface area contributed by atoms with Crippen LogP contribution in [-0.4, -0.2) is 46.4 Å². The van der Waals surface area contributed by atoms with Crippen LogP contribution in [0.4, 0.5) is 10.1 Å². The molecule has 0 bridgehead atoms. The smallest absolute Gasteiger partial charge is 0.270 e. The van der Waals surface area contributed by atoms with Crippen LogP contribution in [-0.2, 0) is 0 Å². The van der Waals surface area contributed by atoms with Crippen LogP contribution in [0.15, 0.2) is 41.7 Å². The molecule has 0 saturated carbocycles. The lowest BCUT2D eigenvalue weighted by Crippen LogP contribution is -2.28. The van der Waals surface area contributed by atoms with Crippen LogP contribution < -0.4 is 10.6 Å². The molecule has 1 unspecified atom stereocenters. The molecule has 3 N–H and O–H groups in total. The van der Waals surface area contributed by atoms with E-state index in [1.807, 2.05) is 23.2 Å². The van der Waals surface area contributed by atoms with Crippen molar-refractivity contribution < 1.29 is 9.18 Å². The quantitative estimate of drug-likeness (QED) is 0.154. The second kappa shape index (κ2) is 11.0. The number of aromatic amines is 1. The van der Waals surface area contributed by atoms with E-state index < -0.39 is 5.95 Å². The fourth-order valence-corrected chi connectivity index (χ4v) is 3.58. The molecule has 0 spiro atoms. The average Bonchev–Trinajstić information content (AvgIpc) is 3.42. The summed E-state index contributed by atoms with van der Waals surface area (Å²) in [5.41, 5.74) is 1.13. The van der Waals surface area contributed by atoms with Crippen LogP contribution in [0.3, 0.4) is 0 Å². The molecule has 0 aromatic carbocycles. The maximum absolute atomic E-state index is 13.2. The minimum Gasteiger partial charge on any atom is -0.357 e. The number of carbonyl (C=O) groups excluding carboxylic acids is 1. The summed E-state index contributed by atoms with van der Waals surface area (Å²) in [5.74, 6) is 0.316. The van der Waals surface area contributed by atoms with Crippen molar-refractivity contribution in [1.82, 2.24) is 20.2 Å². The first kappa shape index (κ1) is 21.3. The van der Waals surface area contributed by atoms with Crippen molar-refractivity contribution in [3.63, 3.8) is 0 Å². The number of hydrogen-bond donors (Lipinski definition) is 3. The topological polar surface area (TPSA) is 109 Å². The summed E-state index contributed by atoms with van der Waals surface area (Å²) in [6, 6.07) is 6.49. The van der Waals surface area contributed by atoms with Gasteiger partial charge in [-0.05, 0) is 43.4 Å². The van der Waals surface area contributed by atoms with Gasteiger partial charge >= 0.3 is 0 Å². The van der Waals surface area contributed by atoms with Gasteiger partial charge in [-0.25, -0.2) is 4.98 Å². The Bertz CT molecular complexity index is 891. The van der Waals surface area contributed by atoms with E-state index >= 15 is 0 Å². The SMILES string of the molecule is N#CNC(=NCCCCCC1CCN(C(=O)c2ccc[nH]2)C1)Nc1ccnc(F)c1. The fourth-order valence-electron chi connectivity index (χ4n) is 3.58. The molecule has 0 radical (unpaired) electrons. The number of nitrogens with zero attached hydrogens (tertiary/aromatic N) is 4. The summed E-state index contributed by atoms with van der Waals surface area (Å²) in [5, 5.41) is 14.2. The van der Waals surface area contributed by atoms with Gasteiger partial charge in [0.1, 0.15) is 5.69 Å². The molecule has 2 aromatic rings. The maximum Gasteiger partial charge on any atom is 0.270 e. The number of halogens is 1. The highest BCUT2D eigenvalue weighted by Gasteiger charge is 2.26. The number of aliphatic imine (C=N–C) groups is 1. The van der Waals surface area contributed by atoms with Crippen LogP contribution in [0.2, 0.25) is 0 Å². The minimum atomic E-state index is -0.601. The lowest BCUT2D eigenvalue weighted by Gasteiger charge is -2.15. The van der Waals surface area contributed by atoms with E-state index in [9.17, 15) is 9.18 Å². The third-order valence-corrected chi connectivity index (χ3v) is 5.11. The van der Waals surface area contributed by atoms with Crippen molar-refractivity contribution in [3.05, 3.63) is 48.3 Å². The minimum absolute atomic E-state index is 0.0796. The Balaban J connectivity index is 1.34. The number of aromatic nitrogens is 2. The number of H-pyrrole nitrogens is 1. The molecule has 1 aliphatic heterocycles. The maximum atomic E-state index is 13.2. The molecule has 1 amide bonds. The number of anilines is 1. The summed E-state index contributed by atoms with van der Waals surface area (Å²) in [6.07, 6.45) is 10.1. The highest BCUT2D eigenvalue weighted by atomic mass is 19.1. The van der Waals surface area contributed by atoms with Crippen molar-refractivity contribution in [2.24, 2.45) is 10.9 Å². The third-order valence-electron chi connectivity index (χ3n) is 5.11. The number of guanidine groups is 1. The number of pyridine rings is 1. The Hall–Kier alpha value is -3.41. The molecule has 158 valence electrons. The van der Waals surface area contributed by atoms with E-state index in [-0.39, 0.29) is 11.9 Å². The lowest BCUT2D eigenvalue weighted by atomic mass is 10.0. The highest BCUT2D eigenvalue weighted by Crippen LogP contribution is 2.23. The third kappa shape index (κ3) is 6.30. The number of likely N-dealkylation sites (tertiary alicyclic amines) is 1. The van der Waals surface area contributed by atoms with Crippen LogP contribution in [0.1, 0.15) is 42.6 Å². The number of carbonyl (C=O) groups is 1.